The highest BCUT2D eigenvalue weighted by atomic mass is 32.1. The number of hydrogen-bond acceptors (Lipinski definition) is 12. The first-order chi connectivity index (χ1) is 18.5. The van der Waals surface area contributed by atoms with Crippen LogP contribution in [0.15, 0.2) is 34.1 Å². The zero-order chi connectivity index (χ0) is 26.6. The number of nitrogens with zero attached hydrogens (tertiary/aromatic N) is 10. The number of ether oxygens (including phenoxy) is 1. The molecule has 1 saturated heterocycles. The molecule has 2 N–H and O–H groups in total. The second-order valence-electron chi connectivity index (χ2n) is 8.10. The minimum absolute atomic E-state index is 0.190. The molecule has 1 aliphatic heterocycles. The molecule has 0 spiro atoms. The van der Waals surface area contributed by atoms with Crippen LogP contribution in [-0.2, 0) is 4.79 Å². The van der Waals surface area contributed by atoms with E-state index < -0.39 is 11.7 Å². The molecule has 15 nitrogen and oxygen atoms in total. The average Bonchev–Trinajstić information content (AvgIpc) is 3.72. The number of pyridine rings is 1. The van der Waals surface area contributed by atoms with Crippen LogP contribution in [0.4, 0.5) is 11.8 Å². The van der Waals surface area contributed by atoms with Gasteiger partial charge in [0, 0.05) is 50.2 Å². The van der Waals surface area contributed by atoms with Crippen LogP contribution in [0.2, 0.25) is 0 Å². The number of tetrazole rings is 1. The zero-order valence-electron chi connectivity index (χ0n) is 20.8. The molecule has 1 aliphatic rings. The van der Waals surface area contributed by atoms with Gasteiger partial charge >= 0.3 is 0 Å². The number of piperazine rings is 1. The summed E-state index contributed by atoms with van der Waals surface area (Å²) >= 11 is 1.42. The van der Waals surface area contributed by atoms with Crippen molar-refractivity contribution < 1.29 is 14.3 Å². The lowest BCUT2D eigenvalue weighted by Crippen LogP contribution is -2.51. The molecular weight excluding hydrogens is 512 g/mol. The lowest BCUT2D eigenvalue weighted by molar-refractivity contribution is -0.126. The van der Waals surface area contributed by atoms with Gasteiger partial charge in [-0.3, -0.25) is 15.0 Å². The fraction of sp³-hybridized carbons (Fsp3) is 0.318. The Morgan fingerprint density at radius 1 is 1.24 bits per heavy atom. The third-order valence-electron chi connectivity index (χ3n) is 5.88. The number of aromatic amines is 1. The zero-order valence-corrected chi connectivity index (χ0v) is 21.6. The predicted molar refractivity (Wildman–Crippen MR) is 141 cm³/mol. The minimum Gasteiger partial charge on any atom is -0.494 e. The number of rotatable bonds is 7. The maximum Gasteiger partial charge on any atom is 0.295 e. The van der Waals surface area contributed by atoms with E-state index in [1.54, 1.807) is 30.9 Å². The van der Waals surface area contributed by atoms with E-state index in [4.69, 9.17) is 4.74 Å². The van der Waals surface area contributed by atoms with E-state index in [1.807, 2.05) is 10.3 Å². The van der Waals surface area contributed by atoms with Crippen LogP contribution in [-0.4, -0.2) is 97.1 Å². The van der Waals surface area contributed by atoms with E-state index in [0.29, 0.717) is 65.6 Å². The van der Waals surface area contributed by atoms with Crippen molar-refractivity contribution in [1.82, 2.24) is 40.1 Å². The Kier molecular flexibility index (Phi) is 7.03. The van der Waals surface area contributed by atoms with Crippen LogP contribution in [0, 0.1) is 0 Å². The van der Waals surface area contributed by atoms with Gasteiger partial charge < -0.3 is 19.5 Å². The van der Waals surface area contributed by atoms with Crippen molar-refractivity contribution in [2.75, 3.05) is 43.6 Å². The lowest BCUT2D eigenvalue weighted by atomic mass is 10.1. The number of fused-ring (bicyclic) bond motifs is 1. The number of Topliss-reactive ketones (excluding diaryl/α,β-unsaturated/α-hetero) is 1. The molecule has 0 radical (unpaired) electrons. The van der Waals surface area contributed by atoms with Crippen LogP contribution in [0.25, 0.3) is 16.0 Å². The highest BCUT2D eigenvalue weighted by Gasteiger charge is 2.31. The Morgan fingerprint density at radius 2 is 2.05 bits per heavy atom. The summed E-state index contributed by atoms with van der Waals surface area (Å²) in [6, 6.07) is 0. The highest BCUT2D eigenvalue weighted by molar-refractivity contribution is 7.12. The minimum atomic E-state index is -0.650. The number of amides is 1. The predicted octanol–water partition coefficient (Wildman–Crippen LogP) is 1.37. The number of hydrazone groups is 1. The first-order valence-corrected chi connectivity index (χ1v) is 12.5. The van der Waals surface area contributed by atoms with Gasteiger partial charge in [-0.15, -0.1) is 11.3 Å². The Bertz CT molecular complexity index is 1520. The van der Waals surface area contributed by atoms with E-state index in [0.717, 1.165) is 0 Å². The molecule has 0 bridgehead atoms. The van der Waals surface area contributed by atoms with Crippen molar-refractivity contribution in [1.29, 1.82) is 0 Å². The van der Waals surface area contributed by atoms with Crippen molar-refractivity contribution in [3.05, 3.63) is 29.5 Å². The number of carbonyl (C=O) groups is 2. The Balaban J connectivity index is 1.33. The average molecular weight is 537 g/mol. The van der Waals surface area contributed by atoms with Crippen LogP contribution in [0.1, 0.15) is 24.2 Å². The largest absolute Gasteiger partial charge is 0.494 e. The second-order valence-corrected chi connectivity index (χ2v) is 8.97. The molecule has 4 aromatic rings. The molecule has 16 heteroatoms. The quantitative estimate of drug-likeness (QED) is 0.115. The van der Waals surface area contributed by atoms with Crippen LogP contribution in [0.3, 0.4) is 0 Å². The van der Waals surface area contributed by atoms with Gasteiger partial charge in [0.15, 0.2) is 5.82 Å². The van der Waals surface area contributed by atoms with Gasteiger partial charge in [-0.25, -0.2) is 15.0 Å². The monoisotopic (exact) mass is 536 g/mol. The summed E-state index contributed by atoms with van der Waals surface area (Å²) in [5.41, 5.74) is 3.52. The number of hydrogen-bond donors (Lipinski definition) is 2. The van der Waals surface area contributed by atoms with Gasteiger partial charge in [0.1, 0.15) is 11.6 Å². The lowest BCUT2D eigenvalue weighted by Gasteiger charge is -2.34. The van der Waals surface area contributed by atoms with Gasteiger partial charge in [0.2, 0.25) is 5.13 Å². The molecule has 0 aromatic carbocycles. The summed E-state index contributed by atoms with van der Waals surface area (Å²) in [5.74, 6) is 0.497. The van der Waals surface area contributed by atoms with Crippen molar-refractivity contribution >= 4 is 57.7 Å². The van der Waals surface area contributed by atoms with Crippen molar-refractivity contribution in [2.45, 2.75) is 13.8 Å². The van der Waals surface area contributed by atoms with Gasteiger partial charge in [-0.1, -0.05) is 5.10 Å². The van der Waals surface area contributed by atoms with Crippen molar-refractivity contribution in [3.8, 4) is 10.9 Å². The maximum absolute atomic E-state index is 13.4. The molecule has 38 heavy (non-hydrogen) atoms. The molecule has 0 saturated carbocycles. The highest BCUT2D eigenvalue weighted by Crippen LogP contribution is 2.33. The smallest absolute Gasteiger partial charge is 0.295 e. The summed E-state index contributed by atoms with van der Waals surface area (Å²) in [7, 11) is 1.48. The first-order valence-electron chi connectivity index (χ1n) is 11.6. The molecule has 4 aromatic heterocycles. The standard InChI is InChI=1S/C22H24N12O3S/c1-4-23-13(2)27-28-19-17-16(15(37-3)12-26-19)14(11-25-17)18(35)20(36)32-6-8-33(9-7-32)21-29-30-31-34(21)22-24-5-10-38-22/h4-5,10-12,25H,6-9H2,1-3H3,(H,26,28)/b23-4-,27-13-. The first kappa shape index (κ1) is 24.9. The van der Waals surface area contributed by atoms with Gasteiger partial charge in [-0.05, 0) is 24.3 Å². The number of methoxy groups -OCH3 is 1. The van der Waals surface area contributed by atoms with Crippen molar-refractivity contribution in [2.24, 2.45) is 10.1 Å². The third kappa shape index (κ3) is 4.68. The molecule has 196 valence electrons. The molecule has 5 rings (SSSR count). The second kappa shape index (κ2) is 10.7. The number of aromatic nitrogens is 7. The molecule has 0 atom stereocenters. The van der Waals surface area contributed by atoms with Crippen LogP contribution >= 0.6 is 11.3 Å². The van der Waals surface area contributed by atoms with Crippen molar-refractivity contribution in [3.63, 3.8) is 0 Å². The number of aliphatic imine (C=N–C) groups is 1. The fourth-order valence-corrected chi connectivity index (χ4v) is 4.66. The Morgan fingerprint density at radius 3 is 2.76 bits per heavy atom. The summed E-state index contributed by atoms with van der Waals surface area (Å²) in [6.45, 7) is 5.09. The number of nitrogens with one attached hydrogen (secondary N) is 2. The van der Waals surface area contributed by atoms with Crippen LogP contribution in [0.5, 0.6) is 5.75 Å². The summed E-state index contributed by atoms with van der Waals surface area (Å²) in [4.78, 5) is 45.8. The van der Waals surface area contributed by atoms with E-state index in [2.05, 4.69) is 46.0 Å². The molecule has 0 aliphatic carbocycles. The molecule has 5 heterocycles. The summed E-state index contributed by atoms with van der Waals surface area (Å²) in [6.07, 6.45) is 6.26. The van der Waals surface area contributed by atoms with E-state index in [9.17, 15) is 9.59 Å². The number of carbonyl (C=O) groups excluding carboxylic acids is 2. The molecule has 1 fully saturated rings. The summed E-state index contributed by atoms with van der Waals surface area (Å²) < 4.78 is 7.00. The normalized spacial score (nSPS) is 14.4. The van der Waals surface area contributed by atoms with Gasteiger partial charge in [0.05, 0.1) is 29.8 Å². The topological polar surface area (TPSA) is 172 Å². The number of ketones is 1. The van der Waals surface area contributed by atoms with Crippen LogP contribution < -0.4 is 15.1 Å². The van der Waals surface area contributed by atoms with E-state index >= 15 is 0 Å². The molecule has 1 amide bonds. The Hall–Kier alpha value is -4.73. The summed E-state index contributed by atoms with van der Waals surface area (Å²) in [5, 5.41) is 19.0. The number of amidine groups is 1. The maximum atomic E-state index is 13.4. The van der Waals surface area contributed by atoms with Gasteiger partial charge in [-0.2, -0.15) is 9.78 Å². The third-order valence-corrected chi connectivity index (χ3v) is 6.62. The van der Waals surface area contributed by atoms with Gasteiger partial charge in [0.25, 0.3) is 17.6 Å². The van der Waals surface area contributed by atoms with E-state index in [-0.39, 0.29) is 5.56 Å². The number of H-pyrrole nitrogens is 1. The Labute approximate surface area is 220 Å². The fourth-order valence-electron chi connectivity index (χ4n) is 4.08. The number of anilines is 2. The molecular formula is C22H24N12O3S. The molecule has 0 unspecified atom stereocenters. The van der Waals surface area contributed by atoms with E-state index in [1.165, 1.54) is 35.7 Å². The SMILES string of the molecule is C/C=N\C(C)=N/Nc1ncc(OC)c2c(C(=O)C(=O)N3CCN(c4nnnn4-c4nccs4)CC3)c[nH]c12. The number of thiazole rings is 1.